The number of unbranched alkanes of at least 4 members (excludes halogenated alkanes) is 1. The lowest BCUT2D eigenvalue weighted by Crippen LogP contribution is -2.42. The van der Waals surface area contributed by atoms with E-state index >= 15 is 0 Å². The minimum Gasteiger partial charge on any atom is -0.474 e. The molecule has 0 spiro atoms. The Balaban J connectivity index is 1.42. The van der Waals surface area contributed by atoms with Crippen LogP contribution in [0.15, 0.2) is 72.8 Å². The normalized spacial score (nSPS) is 14.3. The third-order valence-electron chi connectivity index (χ3n) is 8.36. The van der Waals surface area contributed by atoms with Crippen molar-refractivity contribution in [1.82, 2.24) is 9.55 Å². The fourth-order valence-corrected chi connectivity index (χ4v) is 6.12. The molecule has 0 bridgehead atoms. The molecule has 1 aromatic heterocycles. The molecule has 5 rings (SSSR count). The number of hydrogen-bond donors (Lipinski definition) is 1. The fourth-order valence-electron chi connectivity index (χ4n) is 6.12. The minimum absolute atomic E-state index is 0.213. The molecular weight excluding hydrogens is 552 g/mol. The monoisotopic (exact) mass is 596 g/mol. The summed E-state index contributed by atoms with van der Waals surface area (Å²) in [6.07, 6.45) is 7.90. The molecule has 0 aliphatic heterocycles. The van der Waals surface area contributed by atoms with Gasteiger partial charge in [0, 0.05) is 30.3 Å². The van der Waals surface area contributed by atoms with E-state index in [1.165, 1.54) is 19.3 Å². The zero-order valence-corrected chi connectivity index (χ0v) is 25.9. The second kappa shape index (κ2) is 14.9. The van der Waals surface area contributed by atoms with Crippen molar-refractivity contribution in [1.29, 1.82) is 0 Å². The van der Waals surface area contributed by atoms with Crippen LogP contribution in [0.1, 0.15) is 81.8 Å². The van der Waals surface area contributed by atoms with Crippen LogP contribution in [0.25, 0.3) is 11.0 Å². The Bertz CT molecular complexity index is 1530. The molecule has 232 valence electrons. The predicted octanol–water partition coefficient (Wildman–Crippen LogP) is 6.73. The minimum atomic E-state index is -0.842. The zero-order chi connectivity index (χ0) is 30.9. The zero-order valence-electron chi connectivity index (χ0n) is 25.9. The number of hydrogen-bond acceptors (Lipinski definition) is 6. The number of aromatic nitrogens is 2. The number of carbonyl (C=O) groups is 2. The van der Waals surface area contributed by atoms with Crippen molar-refractivity contribution in [2.24, 2.45) is 5.73 Å². The molecule has 1 atom stereocenters. The quantitative estimate of drug-likeness (QED) is 0.162. The van der Waals surface area contributed by atoms with Crippen LogP contribution >= 0.6 is 0 Å². The molecule has 0 saturated heterocycles. The SMILES string of the molecule is CCCCc1nc2ccc(N(CC(N)=O)C3CCCCC3)cc2n1Cc1ccc(OC(C(=O)OCC)c2ccccc2)cc1. The summed E-state index contributed by atoms with van der Waals surface area (Å²) in [4.78, 5) is 32.0. The van der Waals surface area contributed by atoms with Crippen molar-refractivity contribution in [3.05, 3.63) is 89.7 Å². The highest BCUT2D eigenvalue weighted by Gasteiger charge is 2.25. The van der Waals surface area contributed by atoms with Gasteiger partial charge in [0.2, 0.25) is 12.0 Å². The van der Waals surface area contributed by atoms with E-state index < -0.39 is 12.1 Å². The fraction of sp³-hybridized carbons (Fsp3) is 0.417. The van der Waals surface area contributed by atoms with Gasteiger partial charge in [0.1, 0.15) is 11.6 Å². The van der Waals surface area contributed by atoms with Crippen LogP contribution < -0.4 is 15.4 Å². The molecule has 8 nitrogen and oxygen atoms in total. The molecule has 8 heteroatoms. The molecule has 1 aliphatic carbocycles. The summed E-state index contributed by atoms with van der Waals surface area (Å²) in [5, 5.41) is 0. The summed E-state index contributed by atoms with van der Waals surface area (Å²) in [5.41, 5.74) is 10.6. The van der Waals surface area contributed by atoms with E-state index in [4.69, 9.17) is 20.2 Å². The Hall–Kier alpha value is -4.33. The molecule has 3 aromatic carbocycles. The first-order chi connectivity index (χ1) is 21.5. The van der Waals surface area contributed by atoms with Crippen molar-refractivity contribution in [3.63, 3.8) is 0 Å². The van der Waals surface area contributed by atoms with Crippen LogP contribution in [-0.2, 0) is 27.3 Å². The Morgan fingerprint density at radius 2 is 1.75 bits per heavy atom. The number of nitrogens with zero attached hydrogens (tertiary/aromatic N) is 3. The first-order valence-electron chi connectivity index (χ1n) is 16.0. The number of esters is 1. The number of benzene rings is 3. The van der Waals surface area contributed by atoms with Crippen LogP contribution in [0.3, 0.4) is 0 Å². The summed E-state index contributed by atoms with van der Waals surface area (Å²) in [7, 11) is 0. The number of carbonyl (C=O) groups excluding carboxylic acids is 2. The molecule has 1 saturated carbocycles. The highest BCUT2D eigenvalue weighted by atomic mass is 16.6. The second-order valence-corrected chi connectivity index (χ2v) is 11.6. The van der Waals surface area contributed by atoms with Gasteiger partial charge in [-0.05, 0) is 62.1 Å². The van der Waals surface area contributed by atoms with Gasteiger partial charge in [-0.1, -0.05) is 75.1 Å². The molecule has 44 heavy (non-hydrogen) atoms. The molecule has 4 aromatic rings. The lowest BCUT2D eigenvalue weighted by molar-refractivity contribution is -0.151. The van der Waals surface area contributed by atoms with Gasteiger partial charge in [-0.3, -0.25) is 4.79 Å². The van der Waals surface area contributed by atoms with E-state index in [9.17, 15) is 9.59 Å². The third kappa shape index (κ3) is 7.59. The molecule has 0 radical (unpaired) electrons. The Labute approximate surface area is 260 Å². The van der Waals surface area contributed by atoms with Gasteiger partial charge in [-0.2, -0.15) is 0 Å². The van der Waals surface area contributed by atoms with Gasteiger partial charge < -0.3 is 24.7 Å². The van der Waals surface area contributed by atoms with Crippen LogP contribution in [-0.4, -0.2) is 40.6 Å². The van der Waals surface area contributed by atoms with Crippen molar-refractivity contribution < 1.29 is 19.1 Å². The summed E-state index contributed by atoms with van der Waals surface area (Å²) in [6.45, 7) is 5.11. The van der Waals surface area contributed by atoms with Gasteiger partial charge in [0.15, 0.2) is 0 Å². The number of amides is 1. The van der Waals surface area contributed by atoms with Crippen molar-refractivity contribution >= 4 is 28.6 Å². The van der Waals surface area contributed by atoms with E-state index in [1.807, 2.05) is 54.6 Å². The van der Waals surface area contributed by atoms with Crippen molar-refractivity contribution in [3.8, 4) is 5.75 Å². The molecule has 1 heterocycles. The van der Waals surface area contributed by atoms with Crippen LogP contribution in [0.5, 0.6) is 5.75 Å². The smallest absolute Gasteiger partial charge is 0.352 e. The Morgan fingerprint density at radius 1 is 1.00 bits per heavy atom. The molecule has 1 amide bonds. The predicted molar refractivity (Wildman–Crippen MR) is 174 cm³/mol. The topological polar surface area (TPSA) is 99.7 Å². The third-order valence-corrected chi connectivity index (χ3v) is 8.36. The lowest BCUT2D eigenvalue weighted by Gasteiger charge is -2.35. The summed E-state index contributed by atoms with van der Waals surface area (Å²) >= 11 is 0. The van der Waals surface area contributed by atoms with Gasteiger partial charge in [-0.15, -0.1) is 0 Å². The first kappa shape index (κ1) is 31.1. The molecule has 1 aliphatic rings. The van der Waals surface area contributed by atoms with E-state index in [0.717, 1.165) is 65.8 Å². The Morgan fingerprint density at radius 3 is 2.43 bits per heavy atom. The summed E-state index contributed by atoms with van der Waals surface area (Å²) in [6, 6.07) is 23.9. The van der Waals surface area contributed by atoms with Gasteiger partial charge in [0.05, 0.1) is 24.2 Å². The first-order valence-corrected chi connectivity index (χ1v) is 16.0. The summed E-state index contributed by atoms with van der Waals surface area (Å²) in [5.74, 6) is 0.911. The molecule has 1 unspecified atom stereocenters. The molecule has 2 N–H and O–H groups in total. The number of aryl methyl sites for hydroxylation is 1. The number of nitrogens with two attached hydrogens (primary N) is 1. The van der Waals surface area contributed by atoms with E-state index in [0.29, 0.717) is 18.3 Å². The van der Waals surface area contributed by atoms with Gasteiger partial charge >= 0.3 is 5.97 Å². The van der Waals surface area contributed by atoms with Crippen LogP contribution in [0.2, 0.25) is 0 Å². The lowest BCUT2D eigenvalue weighted by atomic mass is 9.93. The van der Waals surface area contributed by atoms with Gasteiger partial charge in [0.25, 0.3) is 0 Å². The second-order valence-electron chi connectivity index (χ2n) is 11.6. The van der Waals surface area contributed by atoms with Gasteiger partial charge in [-0.25, -0.2) is 9.78 Å². The average molecular weight is 597 g/mol. The standard InChI is InChI=1S/C36H44N4O4/c1-3-5-16-34-38-31-22-19-29(39(25-33(37)41)28-14-10-7-11-15-28)23-32(31)40(34)24-26-17-20-30(21-18-26)44-35(36(42)43-4-2)27-12-8-6-9-13-27/h6,8-9,12-13,17-23,28,35H,3-5,7,10-11,14-16,24-25H2,1-2H3,(H2,37,41). The van der Waals surface area contributed by atoms with Crippen LogP contribution in [0, 0.1) is 0 Å². The number of rotatable bonds is 14. The maximum absolute atomic E-state index is 12.7. The summed E-state index contributed by atoms with van der Waals surface area (Å²) < 4.78 is 13.7. The van der Waals surface area contributed by atoms with Crippen molar-refractivity contribution in [2.45, 2.75) is 83.9 Å². The number of anilines is 1. The maximum atomic E-state index is 12.7. The van der Waals surface area contributed by atoms with E-state index in [1.54, 1.807) is 6.92 Å². The van der Waals surface area contributed by atoms with Crippen LogP contribution in [0.4, 0.5) is 5.69 Å². The number of imidazole rings is 1. The highest BCUT2D eigenvalue weighted by molar-refractivity contribution is 5.84. The number of ether oxygens (including phenoxy) is 2. The Kier molecular flexibility index (Phi) is 10.5. The maximum Gasteiger partial charge on any atom is 0.352 e. The average Bonchev–Trinajstić information content (AvgIpc) is 3.39. The number of primary amides is 1. The number of fused-ring (bicyclic) bond motifs is 1. The largest absolute Gasteiger partial charge is 0.474 e. The van der Waals surface area contributed by atoms with E-state index in [-0.39, 0.29) is 19.1 Å². The van der Waals surface area contributed by atoms with Crippen molar-refractivity contribution in [2.75, 3.05) is 18.1 Å². The van der Waals surface area contributed by atoms with E-state index in [2.05, 4.69) is 34.6 Å². The molecular formula is C36H44N4O4. The molecule has 1 fully saturated rings. The highest BCUT2D eigenvalue weighted by Crippen LogP contribution is 2.31.